The Morgan fingerprint density at radius 2 is 1.88 bits per heavy atom. The maximum Gasteiger partial charge on any atom is 0.219 e. The van der Waals surface area contributed by atoms with Crippen LogP contribution in [0.2, 0.25) is 0 Å². The Bertz CT molecular complexity index is 507. The number of thiophene rings is 1. The molecule has 2 rings (SSSR count). The van der Waals surface area contributed by atoms with Crippen molar-refractivity contribution in [3.05, 3.63) is 47.3 Å². The summed E-state index contributed by atoms with van der Waals surface area (Å²) in [6.45, 7) is 0. The van der Waals surface area contributed by atoms with Crippen molar-refractivity contribution in [1.29, 1.82) is 0 Å². The predicted molar refractivity (Wildman–Crippen MR) is 70.5 cm³/mol. The average molecular weight is 246 g/mol. The minimum absolute atomic E-state index is 0.189. The molecule has 1 heterocycles. The lowest BCUT2D eigenvalue weighted by molar-refractivity contribution is -0.118. The van der Waals surface area contributed by atoms with Gasteiger partial charge in [-0.15, -0.1) is 11.3 Å². The van der Waals surface area contributed by atoms with Crippen molar-refractivity contribution in [1.82, 2.24) is 0 Å². The average Bonchev–Trinajstić information content (AvgIpc) is 2.78. The lowest BCUT2D eigenvalue weighted by Crippen LogP contribution is -2.19. The van der Waals surface area contributed by atoms with Crippen LogP contribution >= 0.6 is 11.3 Å². The molecule has 0 saturated carbocycles. The van der Waals surface area contributed by atoms with Crippen LogP contribution in [0, 0.1) is 0 Å². The third-order valence-corrected chi connectivity index (χ3v) is 3.74. The fraction of sp³-hybridized carbons (Fsp3) is 0.154. The highest BCUT2D eigenvalue weighted by atomic mass is 32.1. The third-order valence-electron chi connectivity index (χ3n) is 2.47. The lowest BCUT2D eigenvalue weighted by Gasteiger charge is -2.05. The Hall–Kier alpha value is -1.65. The summed E-state index contributed by atoms with van der Waals surface area (Å²) in [5.74, 6) is -0.368. The molecule has 1 atom stereocenters. The minimum atomic E-state index is -0.368. The van der Waals surface area contributed by atoms with Gasteiger partial charge in [-0.1, -0.05) is 30.3 Å². The van der Waals surface area contributed by atoms with Gasteiger partial charge in [-0.05, 0) is 17.7 Å². The van der Waals surface area contributed by atoms with E-state index in [-0.39, 0.29) is 18.4 Å². The molecule has 0 saturated heterocycles. The van der Waals surface area contributed by atoms with Crippen molar-refractivity contribution in [2.75, 3.05) is 0 Å². The van der Waals surface area contributed by atoms with Crippen molar-refractivity contribution in [2.45, 2.75) is 12.5 Å². The Morgan fingerprint density at radius 1 is 1.18 bits per heavy atom. The standard InChI is InChI=1S/C13H14N2OS/c14-10(8-13(15)16)12-7-6-11(17-12)9-4-2-1-3-5-9/h1-7,10H,8,14H2,(H2,15,16). The molecular weight excluding hydrogens is 232 g/mol. The van der Waals surface area contributed by atoms with Crippen LogP contribution in [0.4, 0.5) is 0 Å². The Balaban J connectivity index is 2.19. The summed E-state index contributed by atoms with van der Waals surface area (Å²) >= 11 is 1.60. The third kappa shape index (κ3) is 2.93. The molecule has 0 aliphatic rings. The van der Waals surface area contributed by atoms with Crippen LogP contribution in [0.15, 0.2) is 42.5 Å². The molecule has 4 heteroatoms. The summed E-state index contributed by atoms with van der Waals surface area (Å²) in [6.07, 6.45) is 0.189. The quantitative estimate of drug-likeness (QED) is 0.869. The number of carbonyl (C=O) groups is 1. The van der Waals surface area contributed by atoms with Gasteiger partial charge < -0.3 is 11.5 Å². The van der Waals surface area contributed by atoms with Gasteiger partial charge in [0, 0.05) is 22.2 Å². The van der Waals surface area contributed by atoms with Crippen molar-refractivity contribution >= 4 is 17.2 Å². The first kappa shape index (κ1) is 11.8. The summed E-state index contributed by atoms with van der Waals surface area (Å²) in [4.78, 5) is 12.9. The highest BCUT2D eigenvalue weighted by Gasteiger charge is 2.12. The van der Waals surface area contributed by atoms with Crippen molar-refractivity contribution in [2.24, 2.45) is 11.5 Å². The van der Waals surface area contributed by atoms with Gasteiger partial charge in [0.15, 0.2) is 0 Å². The minimum Gasteiger partial charge on any atom is -0.370 e. The van der Waals surface area contributed by atoms with Crippen molar-refractivity contribution in [3.63, 3.8) is 0 Å². The fourth-order valence-electron chi connectivity index (χ4n) is 1.63. The van der Waals surface area contributed by atoms with Gasteiger partial charge in [0.1, 0.15) is 0 Å². The van der Waals surface area contributed by atoms with Gasteiger partial charge in [0.2, 0.25) is 5.91 Å². The number of benzene rings is 1. The zero-order chi connectivity index (χ0) is 12.3. The monoisotopic (exact) mass is 246 g/mol. The van der Waals surface area contributed by atoms with E-state index in [2.05, 4.69) is 12.1 Å². The smallest absolute Gasteiger partial charge is 0.219 e. The zero-order valence-electron chi connectivity index (χ0n) is 9.30. The van der Waals surface area contributed by atoms with Gasteiger partial charge in [-0.2, -0.15) is 0 Å². The molecular formula is C13H14N2OS. The van der Waals surface area contributed by atoms with Gasteiger partial charge >= 0.3 is 0 Å². The van der Waals surface area contributed by atoms with Crippen molar-refractivity contribution in [3.8, 4) is 10.4 Å². The lowest BCUT2D eigenvalue weighted by atomic mass is 10.1. The molecule has 0 bridgehead atoms. The molecule has 4 N–H and O–H groups in total. The number of hydrogen-bond acceptors (Lipinski definition) is 3. The normalized spacial score (nSPS) is 12.3. The summed E-state index contributed by atoms with van der Waals surface area (Å²) in [5.41, 5.74) is 12.2. The van der Waals surface area contributed by atoms with E-state index in [4.69, 9.17) is 11.5 Å². The topological polar surface area (TPSA) is 69.1 Å². The number of primary amides is 1. The van der Waals surface area contributed by atoms with E-state index in [9.17, 15) is 4.79 Å². The summed E-state index contributed by atoms with van der Waals surface area (Å²) in [6, 6.07) is 13.8. The molecule has 1 unspecified atom stereocenters. The van der Waals surface area contributed by atoms with Crippen LogP contribution in [0.3, 0.4) is 0 Å². The Labute approximate surface area is 104 Å². The number of amides is 1. The van der Waals surface area contributed by atoms with Gasteiger partial charge in [0.05, 0.1) is 0 Å². The van der Waals surface area contributed by atoms with E-state index in [0.717, 1.165) is 15.3 Å². The molecule has 1 aromatic heterocycles. The van der Waals surface area contributed by atoms with E-state index in [1.807, 2.05) is 30.3 Å². The fourth-order valence-corrected chi connectivity index (χ4v) is 2.64. The van der Waals surface area contributed by atoms with Gasteiger partial charge in [0.25, 0.3) is 0 Å². The highest BCUT2D eigenvalue weighted by molar-refractivity contribution is 7.15. The second kappa shape index (κ2) is 5.12. The molecule has 0 radical (unpaired) electrons. The molecule has 0 aliphatic heterocycles. The zero-order valence-corrected chi connectivity index (χ0v) is 10.1. The second-order valence-electron chi connectivity index (χ2n) is 3.84. The second-order valence-corrected chi connectivity index (χ2v) is 4.96. The molecule has 2 aromatic rings. The van der Waals surface area contributed by atoms with Crippen LogP contribution in [0.1, 0.15) is 17.3 Å². The molecule has 0 aliphatic carbocycles. The maximum atomic E-state index is 10.8. The van der Waals surface area contributed by atoms with E-state index in [1.54, 1.807) is 11.3 Å². The first-order valence-electron chi connectivity index (χ1n) is 5.36. The number of rotatable bonds is 4. The van der Waals surface area contributed by atoms with E-state index < -0.39 is 0 Å². The van der Waals surface area contributed by atoms with Crippen LogP contribution < -0.4 is 11.5 Å². The molecule has 1 aromatic carbocycles. The van der Waals surface area contributed by atoms with E-state index in [1.165, 1.54) is 0 Å². The number of carbonyl (C=O) groups excluding carboxylic acids is 1. The first-order chi connectivity index (χ1) is 8.16. The largest absolute Gasteiger partial charge is 0.370 e. The first-order valence-corrected chi connectivity index (χ1v) is 6.17. The SMILES string of the molecule is NC(=O)CC(N)c1ccc(-c2ccccc2)s1. The van der Waals surface area contributed by atoms with Gasteiger partial charge in [-0.25, -0.2) is 0 Å². The predicted octanol–water partition coefficient (Wildman–Crippen LogP) is 2.29. The van der Waals surface area contributed by atoms with Crippen LogP contribution in [-0.4, -0.2) is 5.91 Å². The molecule has 3 nitrogen and oxygen atoms in total. The van der Waals surface area contributed by atoms with Crippen LogP contribution in [0.5, 0.6) is 0 Å². The molecule has 1 amide bonds. The number of hydrogen-bond donors (Lipinski definition) is 2. The van der Waals surface area contributed by atoms with E-state index in [0.29, 0.717) is 0 Å². The molecule has 17 heavy (non-hydrogen) atoms. The van der Waals surface area contributed by atoms with Crippen molar-refractivity contribution < 1.29 is 4.79 Å². The van der Waals surface area contributed by atoms with E-state index >= 15 is 0 Å². The number of nitrogens with two attached hydrogens (primary N) is 2. The highest BCUT2D eigenvalue weighted by Crippen LogP contribution is 2.31. The summed E-state index contributed by atoms with van der Waals surface area (Å²) in [5, 5.41) is 0. The Morgan fingerprint density at radius 3 is 2.53 bits per heavy atom. The Kier molecular flexibility index (Phi) is 3.56. The van der Waals surface area contributed by atoms with Crippen LogP contribution in [-0.2, 0) is 4.79 Å². The summed E-state index contributed by atoms with van der Waals surface area (Å²) in [7, 11) is 0. The van der Waals surface area contributed by atoms with Crippen LogP contribution in [0.25, 0.3) is 10.4 Å². The summed E-state index contributed by atoms with van der Waals surface area (Å²) < 4.78 is 0. The molecule has 0 fully saturated rings. The maximum absolute atomic E-state index is 10.8. The molecule has 88 valence electrons. The van der Waals surface area contributed by atoms with Gasteiger partial charge in [-0.3, -0.25) is 4.79 Å². The molecule has 0 spiro atoms.